The summed E-state index contributed by atoms with van der Waals surface area (Å²) < 4.78 is 13.2. The van der Waals surface area contributed by atoms with Gasteiger partial charge in [0.15, 0.2) is 0 Å². The Labute approximate surface area is 217 Å². The molecule has 0 unspecified atom stereocenters. The number of hydrogen-bond donors (Lipinski definition) is 0. The van der Waals surface area contributed by atoms with E-state index in [1.165, 1.54) is 11.1 Å². The molecular weight excluding hydrogens is 466 g/mol. The molecule has 37 heavy (non-hydrogen) atoms. The van der Waals surface area contributed by atoms with Gasteiger partial charge in [-0.3, -0.25) is 14.4 Å². The topological polar surface area (TPSA) is 86.3 Å². The number of fused-ring (bicyclic) bond motifs is 2. The smallest absolute Gasteiger partial charge is 0.320 e. The van der Waals surface area contributed by atoms with Crippen LogP contribution in [0.1, 0.15) is 63.0 Å². The van der Waals surface area contributed by atoms with E-state index in [0.717, 1.165) is 52.8 Å². The summed E-state index contributed by atoms with van der Waals surface area (Å²) >= 11 is 0. The molecule has 0 atom stereocenters. The second-order valence-electron chi connectivity index (χ2n) is 11.2. The van der Waals surface area contributed by atoms with Crippen molar-refractivity contribution in [3.05, 3.63) is 52.7 Å². The van der Waals surface area contributed by atoms with Gasteiger partial charge < -0.3 is 9.26 Å². The maximum Gasteiger partial charge on any atom is 0.320 e. The molecule has 0 N–H and O–H groups in total. The summed E-state index contributed by atoms with van der Waals surface area (Å²) in [6.07, 6.45) is 0.859. The Bertz CT molecular complexity index is 1470. The molecule has 194 valence electrons. The van der Waals surface area contributed by atoms with E-state index in [0.29, 0.717) is 18.3 Å². The van der Waals surface area contributed by atoms with Crippen LogP contribution in [0.4, 0.5) is 0 Å². The van der Waals surface area contributed by atoms with Gasteiger partial charge in [-0.05, 0) is 89.8 Å². The molecule has 0 spiro atoms. The van der Waals surface area contributed by atoms with Gasteiger partial charge in [0.25, 0.3) is 5.89 Å². The third-order valence-corrected chi connectivity index (χ3v) is 6.83. The summed E-state index contributed by atoms with van der Waals surface area (Å²) in [5, 5.41) is 10.1. The zero-order valence-electron chi connectivity index (χ0n) is 22.8. The van der Waals surface area contributed by atoms with E-state index < -0.39 is 5.60 Å². The van der Waals surface area contributed by atoms with Crippen molar-refractivity contribution in [3.63, 3.8) is 0 Å². The molecule has 1 aliphatic rings. The first-order valence-corrected chi connectivity index (χ1v) is 12.9. The molecular formula is C29H35N5O3. The molecule has 0 saturated heterocycles. The lowest BCUT2D eigenvalue weighted by molar-refractivity contribution is -0.156. The Hall–Kier alpha value is -3.52. The Morgan fingerprint density at radius 3 is 2.68 bits per heavy atom. The summed E-state index contributed by atoms with van der Waals surface area (Å²) in [6, 6.07) is 10.6. The number of hydrogen-bond acceptors (Lipinski definition) is 7. The molecule has 0 saturated carbocycles. The van der Waals surface area contributed by atoms with Crippen molar-refractivity contribution < 1.29 is 14.1 Å². The van der Waals surface area contributed by atoms with E-state index in [9.17, 15) is 4.79 Å². The Morgan fingerprint density at radius 1 is 1.16 bits per heavy atom. The van der Waals surface area contributed by atoms with E-state index in [-0.39, 0.29) is 12.0 Å². The number of carbonyl (C=O) groups excluding carboxylic acids is 1. The van der Waals surface area contributed by atoms with Crippen LogP contribution < -0.4 is 0 Å². The van der Waals surface area contributed by atoms with Gasteiger partial charge in [-0.25, -0.2) is 0 Å². The van der Waals surface area contributed by atoms with Crippen LogP contribution in [0.2, 0.25) is 0 Å². The second-order valence-corrected chi connectivity index (χ2v) is 11.2. The van der Waals surface area contributed by atoms with Gasteiger partial charge >= 0.3 is 5.97 Å². The van der Waals surface area contributed by atoms with Gasteiger partial charge in [0, 0.05) is 35.6 Å². The van der Waals surface area contributed by atoms with Gasteiger partial charge in [-0.2, -0.15) is 10.1 Å². The second kappa shape index (κ2) is 9.41. The number of aromatic nitrogens is 4. The van der Waals surface area contributed by atoms with Gasteiger partial charge in [-0.15, -0.1) is 0 Å². The highest BCUT2D eigenvalue weighted by atomic mass is 16.6. The van der Waals surface area contributed by atoms with Crippen LogP contribution in [0.3, 0.4) is 0 Å². The Kier molecular flexibility index (Phi) is 6.40. The van der Waals surface area contributed by atoms with Crippen molar-refractivity contribution in [2.24, 2.45) is 0 Å². The van der Waals surface area contributed by atoms with Crippen molar-refractivity contribution in [2.75, 3.05) is 13.1 Å². The number of aryl methyl sites for hydroxylation is 1. The number of carbonyl (C=O) groups is 1. The summed E-state index contributed by atoms with van der Waals surface area (Å²) in [7, 11) is 0. The summed E-state index contributed by atoms with van der Waals surface area (Å²) in [5.41, 5.74) is 7.14. The molecule has 0 radical (unpaired) electrons. The van der Waals surface area contributed by atoms with Crippen molar-refractivity contribution in [2.45, 2.75) is 73.1 Å². The molecule has 0 bridgehead atoms. The quantitative estimate of drug-likeness (QED) is 0.327. The molecule has 8 nitrogen and oxygen atoms in total. The Balaban J connectivity index is 1.37. The zero-order valence-corrected chi connectivity index (χ0v) is 22.8. The number of rotatable bonds is 5. The molecule has 0 fully saturated rings. The third kappa shape index (κ3) is 5.03. The Morgan fingerprint density at radius 2 is 1.95 bits per heavy atom. The van der Waals surface area contributed by atoms with Crippen molar-refractivity contribution in [1.82, 2.24) is 24.8 Å². The molecule has 3 heterocycles. The maximum absolute atomic E-state index is 12.3. The minimum Gasteiger partial charge on any atom is -0.459 e. The molecule has 1 aliphatic heterocycles. The molecule has 5 rings (SSSR count). The number of esters is 1. The van der Waals surface area contributed by atoms with Crippen LogP contribution in [0.15, 0.2) is 34.9 Å². The monoisotopic (exact) mass is 501 g/mol. The summed E-state index contributed by atoms with van der Waals surface area (Å²) in [6.45, 7) is 15.9. The van der Waals surface area contributed by atoms with Gasteiger partial charge in [0.1, 0.15) is 5.60 Å². The van der Waals surface area contributed by atoms with Gasteiger partial charge in [0.05, 0.1) is 17.8 Å². The highest BCUT2D eigenvalue weighted by Gasteiger charge is 2.25. The fraction of sp³-hybridized carbons (Fsp3) is 0.448. The van der Waals surface area contributed by atoms with E-state index in [2.05, 4.69) is 60.2 Å². The number of nitrogens with zero attached hydrogens (tertiary/aromatic N) is 5. The van der Waals surface area contributed by atoms with Crippen LogP contribution in [0, 0.1) is 13.8 Å². The van der Waals surface area contributed by atoms with E-state index in [1.807, 2.05) is 38.4 Å². The predicted octanol–water partition coefficient (Wildman–Crippen LogP) is 5.65. The van der Waals surface area contributed by atoms with E-state index in [4.69, 9.17) is 14.2 Å². The summed E-state index contributed by atoms with van der Waals surface area (Å²) in [5.74, 6) is 0.893. The van der Waals surface area contributed by atoms with Gasteiger partial charge in [-0.1, -0.05) is 17.3 Å². The molecule has 0 amide bonds. The lowest BCUT2D eigenvalue weighted by Gasteiger charge is -2.30. The summed E-state index contributed by atoms with van der Waals surface area (Å²) in [4.78, 5) is 19.2. The predicted molar refractivity (Wildman–Crippen MR) is 143 cm³/mol. The first-order valence-electron chi connectivity index (χ1n) is 12.9. The highest BCUT2D eigenvalue weighted by Crippen LogP contribution is 2.32. The number of benzene rings is 2. The minimum absolute atomic E-state index is 0.187. The van der Waals surface area contributed by atoms with Crippen LogP contribution in [-0.4, -0.2) is 49.5 Å². The van der Waals surface area contributed by atoms with Crippen LogP contribution in [0.25, 0.3) is 33.7 Å². The molecule has 2 aromatic carbocycles. The lowest BCUT2D eigenvalue weighted by atomic mass is 9.91. The molecule has 8 heteroatoms. The van der Waals surface area contributed by atoms with Crippen molar-refractivity contribution in [1.29, 1.82) is 0 Å². The zero-order chi connectivity index (χ0) is 26.5. The fourth-order valence-corrected chi connectivity index (χ4v) is 5.10. The molecule has 0 aliphatic carbocycles. The number of ether oxygens (including phenoxy) is 1. The normalized spacial score (nSPS) is 14.4. The van der Waals surface area contributed by atoms with Crippen molar-refractivity contribution >= 4 is 16.9 Å². The van der Waals surface area contributed by atoms with Crippen LogP contribution in [-0.2, 0) is 22.5 Å². The first kappa shape index (κ1) is 25.1. The largest absolute Gasteiger partial charge is 0.459 e. The third-order valence-electron chi connectivity index (χ3n) is 6.83. The minimum atomic E-state index is -0.472. The van der Waals surface area contributed by atoms with Crippen molar-refractivity contribution in [3.8, 4) is 22.8 Å². The lowest BCUT2D eigenvalue weighted by Crippen LogP contribution is -2.38. The standard InChI is InChI=1S/C29H35N5O3/c1-17(2)34-25-11-9-20(14-24(25)19(4)31-34)28-30-27(32-37-28)23-10-8-21-15-33(13-12-22(21)18(23)3)16-26(35)36-29(5,6)7/h8-11,14,17H,12-13,15-16H2,1-7H3. The SMILES string of the molecule is Cc1c(-c2noc(-c3ccc4c(c3)c(C)nn4C(C)C)n2)ccc2c1CCN(CC(=O)OC(C)(C)C)C2. The van der Waals surface area contributed by atoms with Crippen LogP contribution in [0.5, 0.6) is 0 Å². The van der Waals surface area contributed by atoms with Gasteiger partial charge in [0.2, 0.25) is 5.82 Å². The molecule has 2 aromatic heterocycles. The highest BCUT2D eigenvalue weighted by molar-refractivity contribution is 5.86. The fourth-order valence-electron chi connectivity index (χ4n) is 5.10. The first-order chi connectivity index (χ1) is 17.5. The van der Waals surface area contributed by atoms with Crippen LogP contribution >= 0.6 is 0 Å². The average molecular weight is 502 g/mol. The van der Waals surface area contributed by atoms with E-state index >= 15 is 0 Å². The average Bonchev–Trinajstić information content (AvgIpc) is 3.43. The maximum atomic E-state index is 12.3. The molecule has 4 aromatic rings. The van der Waals surface area contributed by atoms with E-state index in [1.54, 1.807) is 0 Å².